The zero-order valence-electron chi connectivity index (χ0n) is 28.2. The Balaban J connectivity index is 1.45. The third-order valence-corrected chi connectivity index (χ3v) is 9.65. The van der Waals surface area contributed by atoms with Crippen LogP contribution < -0.4 is 15.4 Å². The van der Waals surface area contributed by atoms with E-state index in [1.807, 2.05) is 0 Å². The molecule has 9 nitrogen and oxygen atoms in total. The molecule has 252 valence electrons. The van der Waals surface area contributed by atoms with Crippen molar-refractivity contribution in [3.05, 3.63) is 48.0 Å². The van der Waals surface area contributed by atoms with E-state index in [-0.39, 0.29) is 42.8 Å². The summed E-state index contributed by atoms with van der Waals surface area (Å²) in [6, 6.07) is 11.0. The molecule has 0 spiro atoms. The highest BCUT2D eigenvalue weighted by Gasteiger charge is 2.33. The van der Waals surface area contributed by atoms with Crippen molar-refractivity contribution >= 4 is 29.2 Å². The summed E-state index contributed by atoms with van der Waals surface area (Å²) in [4.78, 5) is 37.4. The highest BCUT2D eigenvalue weighted by atomic mass is 16.5. The smallest absolute Gasteiger partial charge is 0.335 e. The number of benzene rings is 2. The summed E-state index contributed by atoms with van der Waals surface area (Å²) in [6.45, 7) is 13.1. The molecular weight excluding hydrogens is 584 g/mol. The number of rotatable bonds is 13. The molecule has 2 aromatic rings. The van der Waals surface area contributed by atoms with Gasteiger partial charge in [-0.2, -0.15) is 0 Å². The molecule has 9 heteroatoms. The van der Waals surface area contributed by atoms with E-state index in [0.29, 0.717) is 58.4 Å². The summed E-state index contributed by atoms with van der Waals surface area (Å²) in [5, 5.41) is 15.0. The Kier molecular flexibility index (Phi) is 12.6. The number of carboxylic acid groups (broad SMARTS) is 1. The number of hydrogen-bond acceptors (Lipinski definition) is 6. The first-order valence-corrected chi connectivity index (χ1v) is 16.9. The van der Waals surface area contributed by atoms with E-state index >= 15 is 0 Å². The van der Waals surface area contributed by atoms with Gasteiger partial charge in [-0.25, -0.2) is 4.79 Å². The van der Waals surface area contributed by atoms with Crippen LogP contribution in [-0.2, 0) is 19.1 Å². The SMILES string of the molecule is CC1CCC(C(C)C)C(OCC(=O)Nc2ccc(Oc3ccc(C(=O)O)cc3)c(NC(=O)COC3CC(C)CCC3C(C)C)c2)C1. The van der Waals surface area contributed by atoms with E-state index in [1.165, 1.54) is 25.0 Å². The summed E-state index contributed by atoms with van der Waals surface area (Å²) in [5.41, 5.74) is 0.974. The van der Waals surface area contributed by atoms with Crippen LogP contribution in [0, 0.1) is 35.5 Å². The largest absolute Gasteiger partial charge is 0.478 e. The first-order valence-electron chi connectivity index (χ1n) is 16.9. The van der Waals surface area contributed by atoms with E-state index in [4.69, 9.17) is 14.2 Å². The Morgan fingerprint density at radius 2 is 1.28 bits per heavy atom. The third-order valence-electron chi connectivity index (χ3n) is 9.65. The van der Waals surface area contributed by atoms with Crippen LogP contribution in [-0.4, -0.2) is 48.3 Å². The van der Waals surface area contributed by atoms with Gasteiger partial charge in [-0.05, 0) is 104 Å². The Morgan fingerprint density at radius 3 is 1.78 bits per heavy atom. The Morgan fingerprint density at radius 1 is 0.761 bits per heavy atom. The van der Waals surface area contributed by atoms with Gasteiger partial charge in [0.15, 0.2) is 5.75 Å². The number of nitrogens with one attached hydrogen (secondary N) is 2. The summed E-state index contributed by atoms with van der Waals surface area (Å²) < 4.78 is 18.4. The molecule has 6 unspecified atom stereocenters. The minimum absolute atomic E-state index is 0.0195. The van der Waals surface area contributed by atoms with E-state index in [1.54, 1.807) is 30.3 Å². The van der Waals surface area contributed by atoms with Crippen LogP contribution in [0.3, 0.4) is 0 Å². The van der Waals surface area contributed by atoms with Crippen molar-refractivity contribution in [2.45, 2.75) is 92.3 Å². The number of carboxylic acids is 1. The van der Waals surface area contributed by atoms with E-state index in [0.717, 1.165) is 25.7 Å². The topological polar surface area (TPSA) is 123 Å². The number of aromatic carboxylic acids is 1. The average molecular weight is 637 g/mol. The molecule has 46 heavy (non-hydrogen) atoms. The molecule has 4 rings (SSSR count). The molecule has 2 amide bonds. The lowest BCUT2D eigenvalue weighted by atomic mass is 9.75. The standard InChI is InChI=1S/C37H52N2O7/c1-22(2)29-14-7-24(5)17-33(29)44-20-35(40)38-27-11-16-32(46-28-12-9-26(10-13-28)37(42)43)31(19-27)39-36(41)21-45-34-18-25(6)8-15-30(34)23(3)4/h9-13,16,19,22-25,29-30,33-34H,7-8,14-15,17-18,20-21H2,1-6H3,(H,38,40)(H,39,41)(H,42,43). The van der Waals surface area contributed by atoms with Crippen molar-refractivity contribution in [3.63, 3.8) is 0 Å². The molecule has 6 atom stereocenters. The first-order chi connectivity index (χ1) is 21.9. The lowest BCUT2D eigenvalue weighted by Crippen LogP contribution is -2.36. The second kappa shape index (κ2) is 16.4. The number of hydrogen-bond donors (Lipinski definition) is 3. The summed E-state index contributed by atoms with van der Waals surface area (Å²) in [6.07, 6.45) is 6.50. The zero-order valence-corrected chi connectivity index (χ0v) is 28.2. The quantitative estimate of drug-likeness (QED) is 0.204. The average Bonchev–Trinajstić information content (AvgIpc) is 3.00. The second-order valence-corrected chi connectivity index (χ2v) is 14.1. The van der Waals surface area contributed by atoms with Gasteiger partial charge < -0.3 is 30.0 Å². The minimum atomic E-state index is -1.03. The molecule has 0 aromatic heterocycles. The molecule has 0 radical (unpaired) electrons. The van der Waals surface area contributed by atoms with E-state index in [2.05, 4.69) is 52.2 Å². The van der Waals surface area contributed by atoms with Gasteiger partial charge in [0.05, 0.1) is 23.5 Å². The normalized spacial score (nSPS) is 24.9. The van der Waals surface area contributed by atoms with Gasteiger partial charge in [0.2, 0.25) is 11.8 Å². The Labute approximate surface area is 273 Å². The van der Waals surface area contributed by atoms with Crippen LogP contribution in [0.15, 0.2) is 42.5 Å². The second-order valence-electron chi connectivity index (χ2n) is 14.1. The van der Waals surface area contributed by atoms with Crippen LogP contribution in [0.1, 0.15) is 90.4 Å². The monoisotopic (exact) mass is 636 g/mol. The van der Waals surface area contributed by atoms with Crippen LogP contribution in [0.2, 0.25) is 0 Å². The van der Waals surface area contributed by atoms with Crippen LogP contribution >= 0.6 is 0 Å². The lowest BCUT2D eigenvalue weighted by Gasteiger charge is -2.37. The fourth-order valence-electron chi connectivity index (χ4n) is 6.95. The van der Waals surface area contributed by atoms with Crippen molar-refractivity contribution in [1.82, 2.24) is 0 Å². The van der Waals surface area contributed by atoms with Gasteiger partial charge in [0.25, 0.3) is 0 Å². The molecule has 0 aliphatic heterocycles. The summed E-state index contributed by atoms with van der Waals surface area (Å²) in [7, 11) is 0. The maximum absolute atomic E-state index is 13.2. The lowest BCUT2D eigenvalue weighted by molar-refractivity contribution is -0.126. The van der Waals surface area contributed by atoms with Gasteiger partial charge in [-0.3, -0.25) is 9.59 Å². The highest BCUT2D eigenvalue weighted by molar-refractivity contribution is 5.96. The zero-order chi connectivity index (χ0) is 33.4. The molecule has 0 saturated heterocycles. The van der Waals surface area contributed by atoms with Crippen LogP contribution in [0.4, 0.5) is 11.4 Å². The predicted molar refractivity (Wildman–Crippen MR) is 179 cm³/mol. The predicted octanol–water partition coefficient (Wildman–Crippen LogP) is 8.01. The van der Waals surface area contributed by atoms with Gasteiger partial charge in [0, 0.05) is 5.69 Å². The molecule has 0 heterocycles. The van der Waals surface area contributed by atoms with Gasteiger partial charge in [-0.1, -0.05) is 54.4 Å². The molecule has 2 saturated carbocycles. The van der Waals surface area contributed by atoms with Crippen molar-refractivity contribution in [2.75, 3.05) is 23.8 Å². The Hall–Kier alpha value is -3.43. The maximum atomic E-state index is 13.2. The highest BCUT2D eigenvalue weighted by Crippen LogP contribution is 2.37. The number of anilines is 2. The molecule has 0 bridgehead atoms. The number of ether oxygens (including phenoxy) is 3. The molecule has 2 aliphatic carbocycles. The van der Waals surface area contributed by atoms with Crippen molar-refractivity contribution < 1.29 is 33.7 Å². The summed E-state index contributed by atoms with van der Waals surface area (Å²) >= 11 is 0. The van der Waals surface area contributed by atoms with E-state index < -0.39 is 5.97 Å². The van der Waals surface area contributed by atoms with Crippen molar-refractivity contribution in [3.8, 4) is 11.5 Å². The Bertz CT molecular complexity index is 1330. The van der Waals surface area contributed by atoms with Gasteiger partial charge in [-0.15, -0.1) is 0 Å². The number of carbonyl (C=O) groups is 3. The molecule has 2 fully saturated rings. The minimum Gasteiger partial charge on any atom is -0.478 e. The van der Waals surface area contributed by atoms with Crippen molar-refractivity contribution in [1.29, 1.82) is 0 Å². The molecular formula is C37H52N2O7. The maximum Gasteiger partial charge on any atom is 0.335 e. The molecule has 2 aliphatic rings. The fourth-order valence-corrected chi connectivity index (χ4v) is 6.95. The number of amides is 2. The van der Waals surface area contributed by atoms with Gasteiger partial charge in [0.1, 0.15) is 19.0 Å². The number of carbonyl (C=O) groups excluding carboxylic acids is 2. The fraction of sp³-hybridized carbons (Fsp3) is 0.595. The van der Waals surface area contributed by atoms with E-state index in [9.17, 15) is 19.5 Å². The first kappa shape index (κ1) is 35.4. The third kappa shape index (κ3) is 10.0. The molecule has 3 N–H and O–H groups in total. The van der Waals surface area contributed by atoms with Crippen LogP contribution in [0.25, 0.3) is 0 Å². The van der Waals surface area contributed by atoms with Crippen LogP contribution in [0.5, 0.6) is 11.5 Å². The molecule has 2 aromatic carbocycles. The van der Waals surface area contributed by atoms with Crippen molar-refractivity contribution in [2.24, 2.45) is 35.5 Å². The summed E-state index contributed by atoms with van der Waals surface area (Å²) in [5.74, 6) is 2.03. The van der Waals surface area contributed by atoms with Gasteiger partial charge >= 0.3 is 5.97 Å².